The highest BCUT2D eigenvalue weighted by Crippen LogP contribution is 2.26. The van der Waals surface area contributed by atoms with E-state index < -0.39 is 0 Å². The van der Waals surface area contributed by atoms with Crippen molar-refractivity contribution in [3.63, 3.8) is 0 Å². The van der Waals surface area contributed by atoms with Gasteiger partial charge in [0.25, 0.3) is 0 Å². The minimum Gasteiger partial charge on any atom is -0.496 e. The Balaban J connectivity index is 2.73. The molecule has 0 aliphatic rings. The summed E-state index contributed by atoms with van der Waals surface area (Å²) in [7, 11) is 1.71. The fourth-order valence-corrected chi connectivity index (χ4v) is 2.92. The van der Waals surface area contributed by atoms with Crippen LogP contribution in [0.3, 0.4) is 0 Å². The van der Waals surface area contributed by atoms with Crippen molar-refractivity contribution >= 4 is 15.9 Å². The second-order valence-corrected chi connectivity index (χ2v) is 6.05. The van der Waals surface area contributed by atoms with Gasteiger partial charge in [-0.2, -0.15) is 0 Å². The molecule has 0 saturated heterocycles. The third-order valence-electron chi connectivity index (χ3n) is 3.76. The Morgan fingerprint density at radius 3 is 2.63 bits per heavy atom. The molecule has 0 heterocycles. The molecule has 1 aromatic carbocycles. The average Bonchev–Trinajstić information content (AvgIpc) is 2.40. The number of hydrogen-bond acceptors (Lipinski definition) is 2. The Morgan fingerprint density at radius 2 is 2.05 bits per heavy atom. The standard InChI is InChI=1S/C16H26BrNO/c1-4-6-7-12(5-2)15(18)11-13-10-14(17)8-9-16(13)19-3/h8-10,12,15H,4-7,11,18H2,1-3H3. The maximum absolute atomic E-state index is 6.40. The first-order valence-electron chi connectivity index (χ1n) is 7.20. The topological polar surface area (TPSA) is 35.2 Å². The monoisotopic (exact) mass is 327 g/mol. The number of benzene rings is 1. The van der Waals surface area contributed by atoms with Gasteiger partial charge in [-0.1, -0.05) is 49.0 Å². The van der Waals surface area contributed by atoms with Gasteiger partial charge in [-0.05, 0) is 42.5 Å². The molecule has 0 bridgehead atoms. The van der Waals surface area contributed by atoms with Crippen LogP contribution in [0.4, 0.5) is 0 Å². The second kappa shape index (κ2) is 8.60. The molecule has 2 nitrogen and oxygen atoms in total. The van der Waals surface area contributed by atoms with Crippen molar-refractivity contribution in [3.8, 4) is 5.75 Å². The van der Waals surface area contributed by atoms with Crippen molar-refractivity contribution in [3.05, 3.63) is 28.2 Å². The maximum Gasteiger partial charge on any atom is 0.122 e. The summed E-state index contributed by atoms with van der Waals surface area (Å²) >= 11 is 3.52. The van der Waals surface area contributed by atoms with Crippen LogP contribution in [0.5, 0.6) is 5.75 Å². The van der Waals surface area contributed by atoms with Gasteiger partial charge in [0.05, 0.1) is 7.11 Å². The summed E-state index contributed by atoms with van der Waals surface area (Å²) in [6, 6.07) is 6.33. The molecule has 3 heteroatoms. The predicted octanol–water partition coefficient (Wildman–Crippen LogP) is 4.54. The molecule has 2 unspecified atom stereocenters. The van der Waals surface area contributed by atoms with Gasteiger partial charge in [-0.3, -0.25) is 0 Å². The molecule has 1 rings (SSSR count). The van der Waals surface area contributed by atoms with Crippen LogP contribution in [0, 0.1) is 5.92 Å². The third kappa shape index (κ3) is 5.15. The molecule has 2 atom stereocenters. The van der Waals surface area contributed by atoms with Crippen LogP contribution in [-0.2, 0) is 6.42 Å². The van der Waals surface area contributed by atoms with Gasteiger partial charge in [0.2, 0.25) is 0 Å². The van der Waals surface area contributed by atoms with Crippen LogP contribution in [0.1, 0.15) is 45.1 Å². The average molecular weight is 328 g/mol. The highest BCUT2D eigenvalue weighted by Gasteiger charge is 2.17. The number of hydrogen-bond donors (Lipinski definition) is 1. The molecule has 2 N–H and O–H groups in total. The zero-order chi connectivity index (χ0) is 14.3. The van der Waals surface area contributed by atoms with E-state index in [4.69, 9.17) is 10.5 Å². The Hall–Kier alpha value is -0.540. The van der Waals surface area contributed by atoms with E-state index in [0.29, 0.717) is 5.92 Å². The lowest BCUT2D eigenvalue weighted by atomic mass is 9.88. The fraction of sp³-hybridized carbons (Fsp3) is 0.625. The molecule has 0 aromatic heterocycles. The maximum atomic E-state index is 6.40. The number of methoxy groups -OCH3 is 1. The van der Waals surface area contributed by atoms with E-state index in [9.17, 15) is 0 Å². The van der Waals surface area contributed by atoms with Crippen molar-refractivity contribution < 1.29 is 4.74 Å². The normalized spacial score (nSPS) is 14.2. The van der Waals surface area contributed by atoms with Crippen LogP contribution in [0.2, 0.25) is 0 Å². The minimum atomic E-state index is 0.208. The molecule has 0 radical (unpaired) electrons. The molecule has 0 saturated carbocycles. The zero-order valence-corrected chi connectivity index (χ0v) is 13.9. The van der Waals surface area contributed by atoms with E-state index in [0.717, 1.165) is 23.1 Å². The van der Waals surface area contributed by atoms with Crippen molar-refractivity contribution in [2.24, 2.45) is 11.7 Å². The van der Waals surface area contributed by atoms with E-state index in [1.807, 2.05) is 12.1 Å². The van der Waals surface area contributed by atoms with E-state index in [1.54, 1.807) is 7.11 Å². The van der Waals surface area contributed by atoms with Gasteiger partial charge in [-0.25, -0.2) is 0 Å². The molecule has 108 valence electrons. The quantitative estimate of drug-likeness (QED) is 0.760. The number of rotatable bonds is 8. The molecule has 19 heavy (non-hydrogen) atoms. The van der Waals surface area contributed by atoms with Crippen molar-refractivity contribution in [1.29, 1.82) is 0 Å². The lowest BCUT2D eigenvalue weighted by molar-refractivity contribution is 0.360. The van der Waals surface area contributed by atoms with Gasteiger partial charge in [0, 0.05) is 10.5 Å². The summed E-state index contributed by atoms with van der Waals surface area (Å²) in [5, 5.41) is 0. The van der Waals surface area contributed by atoms with Crippen LogP contribution >= 0.6 is 15.9 Å². The number of ether oxygens (including phenoxy) is 1. The van der Waals surface area contributed by atoms with E-state index in [-0.39, 0.29) is 6.04 Å². The number of unbranched alkanes of at least 4 members (excludes halogenated alkanes) is 1. The van der Waals surface area contributed by atoms with Crippen LogP contribution in [0.25, 0.3) is 0 Å². The van der Waals surface area contributed by atoms with Gasteiger partial charge < -0.3 is 10.5 Å². The summed E-state index contributed by atoms with van der Waals surface area (Å²) in [6.45, 7) is 4.47. The predicted molar refractivity (Wildman–Crippen MR) is 85.7 cm³/mol. The SMILES string of the molecule is CCCCC(CC)C(N)Cc1cc(Br)ccc1OC. The van der Waals surface area contributed by atoms with E-state index in [1.165, 1.54) is 24.8 Å². The molecule has 0 fully saturated rings. The van der Waals surface area contributed by atoms with Gasteiger partial charge in [-0.15, -0.1) is 0 Å². The van der Waals surface area contributed by atoms with E-state index >= 15 is 0 Å². The van der Waals surface area contributed by atoms with Crippen molar-refractivity contribution in [2.75, 3.05) is 7.11 Å². The van der Waals surface area contributed by atoms with Gasteiger partial charge in [0.1, 0.15) is 5.75 Å². The van der Waals surface area contributed by atoms with Crippen molar-refractivity contribution in [1.82, 2.24) is 0 Å². The van der Waals surface area contributed by atoms with Crippen LogP contribution in [-0.4, -0.2) is 13.2 Å². The molecule has 0 spiro atoms. The summed E-state index contributed by atoms with van der Waals surface area (Å²) in [6.07, 6.45) is 5.76. The first kappa shape index (κ1) is 16.5. The largest absolute Gasteiger partial charge is 0.496 e. The summed E-state index contributed by atoms with van der Waals surface area (Å²) in [5.74, 6) is 1.53. The molecular weight excluding hydrogens is 302 g/mol. The molecular formula is C16H26BrNO. The zero-order valence-electron chi connectivity index (χ0n) is 12.3. The smallest absolute Gasteiger partial charge is 0.122 e. The lowest BCUT2D eigenvalue weighted by Crippen LogP contribution is -2.32. The van der Waals surface area contributed by atoms with E-state index in [2.05, 4.69) is 35.8 Å². The third-order valence-corrected chi connectivity index (χ3v) is 4.25. The Morgan fingerprint density at radius 1 is 1.32 bits per heavy atom. The molecule has 0 aliphatic heterocycles. The Labute approximate surface area is 125 Å². The Kier molecular flexibility index (Phi) is 7.47. The van der Waals surface area contributed by atoms with Crippen LogP contribution in [0.15, 0.2) is 22.7 Å². The molecule has 1 aromatic rings. The number of halogens is 1. The molecule has 0 aliphatic carbocycles. The fourth-order valence-electron chi connectivity index (χ4n) is 2.51. The van der Waals surface area contributed by atoms with Gasteiger partial charge >= 0.3 is 0 Å². The lowest BCUT2D eigenvalue weighted by Gasteiger charge is -2.23. The highest BCUT2D eigenvalue weighted by atomic mass is 79.9. The number of nitrogens with two attached hydrogens (primary N) is 1. The highest BCUT2D eigenvalue weighted by molar-refractivity contribution is 9.10. The van der Waals surface area contributed by atoms with Gasteiger partial charge in [0.15, 0.2) is 0 Å². The first-order chi connectivity index (χ1) is 9.12. The summed E-state index contributed by atoms with van der Waals surface area (Å²) in [4.78, 5) is 0. The summed E-state index contributed by atoms with van der Waals surface area (Å²) in [5.41, 5.74) is 7.60. The Bertz CT molecular complexity index is 381. The minimum absolute atomic E-state index is 0.208. The first-order valence-corrected chi connectivity index (χ1v) is 7.99. The molecule has 0 amide bonds. The van der Waals surface area contributed by atoms with Crippen LogP contribution < -0.4 is 10.5 Å². The van der Waals surface area contributed by atoms with Crippen molar-refractivity contribution in [2.45, 2.75) is 52.0 Å². The summed E-state index contributed by atoms with van der Waals surface area (Å²) < 4.78 is 6.50. The second-order valence-electron chi connectivity index (χ2n) is 5.13.